The van der Waals surface area contributed by atoms with Crippen LogP contribution >= 0.6 is 23.2 Å². The fourth-order valence-electron chi connectivity index (χ4n) is 1.68. The lowest BCUT2D eigenvalue weighted by atomic mass is 10.3. The maximum absolute atomic E-state index is 11.8. The highest BCUT2D eigenvalue weighted by molar-refractivity contribution is 6.35. The minimum Gasteiger partial charge on any atom is -0.482 e. The molecule has 0 saturated carbocycles. The van der Waals surface area contributed by atoms with Crippen molar-refractivity contribution < 1.29 is 9.53 Å². The van der Waals surface area contributed by atoms with E-state index in [1.54, 1.807) is 18.2 Å². The Hall–Kier alpha value is -1.85. The summed E-state index contributed by atoms with van der Waals surface area (Å²) in [7, 11) is 0. The van der Waals surface area contributed by atoms with Gasteiger partial charge in [-0.25, -0.2) is 9.97 Å². The van der Waals surface area contributed by atoms with Crippen LogP contribution in [-0.4, -0.2) is 22.5 Å². The molecule has 0 unspecified atom stereocenters. The molecule has 0 radical (unpaired) electrons. The number of anilines is 1. The monoisotopic (exact) mass is 325 g/mol. The van der Waals surface area contributed by atoms with Gasteiger partial charge in [0.1, 0.15) is 5.75 Å². The van der Waals surface area contributed by atoms with Crippen LogP contribution in [0.5, 0.6) is 5.75 Å². The van der Waals surface area contributed by atoms with Gasteiger partial charge in [-0.2, -0.15) is 0 Å². The van der Waals surface area contributed by atoms with E-state index in [0.717, 1.165) is 11.4 Å². The van der Waals surface area contributed by atoms with Crippen LogP contribution in [0.1, 0.15) is 11.4 Å². The average Bonchev–Trinajstić information content (AvgIpc) is 2.36. The summed E-state index contributed by atoms with van der Waals surface area (Å²) >= 11 is 11.7. The summed E-state index contributed by atoms with van der Waals surface area (Å²) in [5, 5.41) is 3.42. The molecule has 1 N–H and O–H groups in total. The Balaban J connectivity index is 1.95. The lowest BCUT2D eigenvalue weighted by molar-refractivity contribution is -0.118. The molecule has 1 amide bonds. The van der Waals surface area contributed by atoms with Crippen molar-refractivity contribution in [2.24, 2.45) is 0 Å². The normalized spacial score (nSPS) is 10.3. The van der Waals surface area contributed by atoms with E-state index in [9.17, 15) is 4.79 Å². The van der Waals surface area contributed by atoms with Crippen LogP contribution in [0.2, 0.25) is 10.0 Å². The maximum Gasteiger partial charge on any atom is 0.264 e. The summed E-state index contributed by atoms with van der Waals surface area (Å²) in [6.07, 6.45) is 0. The number of halogens is 2. The van der Waals surface area contributed by atoms with Gasteiger partial charge in [0.15, 0.2) is 6.61 Å². The van der Waals surface area contributed by atoms with E-state index in [1.165, 1.54) is 0 Å². The molecule has 110 valence electrons. The summed E-state index contributed by atoms with van der Waals surface area (Å²) in [6, 6.07) is 6.60. The Morgan fingerprint density at radius 3 is 2.48 bits per heavy atom. The van der Waals surface area contributed by atoms with Crippen molar-refractivity contribution in [1.82, 2.24) is 9.97 Å². The third-order valence-electron chi connectivity index (χ3n) is 2.49. The Bertz CT molecular complexity index is 657. The van der Waals surface area contributed by atoms with E-state index in [0.29, 0.717) is 15.8 Å². The number of hydrogen-bond acceptors (Lipinski definition) is 4. The summed E-state index contributed by atoms with van der Waals surface area (Å²) in [4.78, 5) is 20.0. The van der Waals surface area contributed by atoms with Crippen molar-refractivity contribution in [2.75, 3.05) is 11.9 Å². The number of aromatic nitrogens is 2. The molecule has 2 aromatic rings. The van der Waals surface area contributed by atoms with E-state index in [-0.39, 0.29) is 18.5 Å². The van der Waals surface area contributed by atoms with Gasteiger partial charge in [0.25, 0.3) is 5.91 Å². The molecule has 0 fully saturated rings. The predicted molar refractivity (Wildman–Crippen MR) is 82.1 cm³/mol. The van der Waals surface area contributed by atoms with Gasteiger partial charge in [-0.05, 0) is 38.1 Å². The Kier molecular flexibility index (Phi) is 4.98. The first kappa shape index (κ1) is 15.5. The molecule has 0 spiro atoms. The van der Waals surface area contributed by atoms with Crippen molar-refractivity contribution in [3.8, 4) is 5.75 Å². The number of rotatable bonds is 4. The molecule has 0 aliphatic heterocycles. The van der Waals surface area contributed by atoms with Crippen molar-refractivity contribution in [3.63, 3.8) is 0 Å². The molecule has 1 aromatic heterocycles. The molecular formula is C14H13Cl2N3O2. The second-order valence-electron chi connectivity index (χ2n) is 4.39. The van der Waals surface area contributed by atoms with Crippen LogP contribution in [0.3, 0.4) is 0 Å². The zero-order valence-corrected chi connectivity index (χ0v) is 13.0. The smallest absolute Gasteiger partial charge is 0.264 e. The third-order valence-corrected chi connectivity index (χ3v) is 3.02. The highest BCUT2D eigenvalue weighted by Crippen LogP contribution is 2.27. The number of carbonyl (C=O) groups is 1. The fourth-order valence-corrected chi connectivity index (χ4v) is 2.14. The SMILES string of the molecule is Cc1cc(C)nc(NC(=O)COc2ccc(Cl)cc2Cl)n1. The van der Waals surface area contributed by atoms with Gasteiger partial charge in [0, 0.05) is 16.4 Å². The van der Waals surface area contributed by atoms with Crippen LogP contribution in [0.4, 0.5) is 5.95 Å². The number of benzene rings is 1. The number of amides is 1. The van der Waals surface area contributed by atoms with E-state index >= 15 is 0 Å². The average molecular weight is 326 g/mol. The molecule has 21 heavy (non-hydrogen) atoms. The second-order valence-corrected chi connectivity index (χ2v) is 5.23. The van der Waals surface area contributed by atoms with Crippen molar-refractivity contribution >= 4 is 35.1 Å². The number of aryl methyl sites for hydroxylation is 2. The van der Waals surface area contributed by atoms with Gasteiger partial charge in [0.05, 0.1) is 5.02 Å². The van der Waals surface area contributed by atoms with E-state index in [4.69, 9.17) is 27.9 Å². The molecule has 1 heterocycles. The first-order chi connectivity index (χ1) is 9.94. The number of hydrogen-bond donors (Lipinski definition) is 1. The van der Waals surface area contributed by atoms with Crippen LogP contribution < -0.4 is 10.1 Å². The van der Waals surface area contributed by atoms with Crippen molar-refractivity contribution in [3.05, 3.63) is 45.7 Å². The molecule has 0 bridgehead atoms. The third kappa shape index (κ3) is 4.58. The first-order valence-electron chi connectivity index (χ1n) is 6.14. The number of carbonyl (C=O) groups excluding carboxylic acids is 1. The van der Waals surface area contributed by atoms with E-state index in [2.05, 4.69) is 15.3 Å². The highest BCUT2D eigenvalue weighted by Gasteiger charge is 2.09. The number of nitrogens with one attached hydrogen (secondary N) is 1. The molecule has 2 rings (SSSR count). The zero-order chi connectivity index (χ0) is 15.4. The van der Waals surface area contributed by atoms with Gasteiger partial charge >= 0.3 is 0 Å². The largest absolute Gasteiger partial charge is 0.482 e. The number of nitrogens with zero attached hydrogens (tertiary/aromatic N) is 2. The molecule has 5 nitrogen and oxygen atoms in total. The molecular weight excluding hydrogens is 313 g/mol. The van der Waals surface area contributed by atoms with Gasteiger partial charge in [-0.1, -0.05) is 23.2 Å². The summed E-state index contributed by atoms with van der Waals surface area (Å²) in [5.41, 5.74) is 1.55. The fraction of sp³-hybridized carbons (Fsp3) is 0.214. The first-order valence-corrected chi connectivity index (χ1v) is 6.89. The lowest BCUT2D eigenvalue weighted by Gasteiger charge is -2.09. The molecule has 0 aliphatic rings. The standard InChI is InChI=1S/C14H13Cl2N3O2/c1-8-5-9(2)18-14(17-8)19-13(20)7-21-12-4-3-10(15)6-11(12)16/h3-6H,7H2,1-2H3,(H,17,18,19,20). The molecule has 0 saturated heterocycles. The van der Waals surface area contributed by atoms with Gasteiger partial charge in [-0.15, -0.1) is 0 Å². The van der Waals surface area contributed by atoms with Crippen LogP contribution in [0.25, 0.3) is 0 Å². The minimum atomic E-state index is -0.369. The van der Waals surface area contributed by atoms with Gasteiger partial charge in [0.2, 0.25) is 5.95 Å². The van der Waals surface area contributed by atoms with Gasteiger partial charge in [-0.3, -0.25) is 10.1 Å². The predicted octanol–water partition coefficient (Wildman–Crippen LogP) is 3.42. The Morgan fingerprint density at radius 2 is 1.86 bits per heavy atom. The van der Waals surface area contributed by atoms with Crippen molar-refractivity contribution in [2.45, 2.75) is 13.8 Å². The topological polar surface area (TPSA) is 64.1 Å². The second kappa shape index (κ2) is 6.74. The zero-order valence-electron chi connectivity index (χ0n) is 11.5. The van der Waals surface area contributed by atoms with Crippen LogP contribution in [0.15, 0.2) is 24.3 Å². The molecule has 0 atom stereocenters. The van der Waals surface area contributed by atoms with Crippen molar-refractivity contribution in [1.29, 1.82) is 0 Å². The highest BCUT2D eigenvalue weighted by atomic mass is 35.5. The van der Waals surface area contributed by atoms with Gasteiger partial charge < -0.3 is 4.74 Å². The van der Waals surface area contributed by atoms with E-state index < -0.39 is 0 Å². The summed E-state index contributed by atoms with van der Waals surface area (Å²) < 4.78 is 5.33. The summed E-state index contributed by atoms with van der Waals surface area (Å²) in [6.45, 7) is 3.46. The quantitative estimate of drug-likeness (QED) is 0.935. The lowest BCUT2D eigenvalue weighted by Crippen LogP contribution is -2.22. The Labute approximate surface area is 132 Å². The molecule has 1 aromatic carbocycles. The van der Waals surface area contributed by atoms with E-state index in [1.807, 2.05) is 19.9 Å². The molecule has 7 heteroatoms. The number of ether oxygens (including phenoxy) is 1. The van der Waals surface area contributed by atoms with Crippen LogP contribution in [-0.2, 0) is 4.79 Å². The van der Waals surface area contributed by atoms with Crippen LogP contribution in [0, 0.1) is 13.8 Å². The summed E-state index contributed by atoms with van der Waals surface area (Å²) in [5.74, 6) is 0.270. The minimum absolute atomic E-state index is 0.197. The maximum atomic E-state index is 11.8. The molecule has 0 aliphatic carbocycles. The Morgan fingerprint density at radius 1 is 1.19 bits per heavy atom.